The van der Waals surface area contributed by atoms with Crippen molar-refractivity contribution in [3.8, 4) is 0 Å². The molecule has 1 aliphatic rings. The second-order valence-corrected chi connectivity index (χ2v) is 9.26. The third kappa shape index (κ3) is 3.05. The molecule has 0 saturated carbocycles. The molecular weight excluding hydrogens is 376 g/mol. The van der Waals surface area contributed by atoms with E-state index < -0.39 is 15.4 Å². The Morgan fingerprint density at radius 3 is 2.65 bits per heavy atom. The van der Waals surface area contributed by atoms with Crippen LogP contribution < -0.4 is 0 Å². The minimum Gasteiger partial charge on any atom is -0.411 e. The maximum absolute atomic E-state index is 12.9. The summed E-state index contributed by atoms with van der Waals surface area (Å²) in [5.74, 6) is 0. The number of oxime groups is 1. The zero-order valence-electron chi connectivity index (χ0n) is 14.7. The van der Waals surface area contributed by atoms with Gasteiger partial charge in [0, 0.05) is 13.5 Å². The number of hydrogen-bond acceptors (Lipinski definition) is 8. The Morgan fingerprint density at radius 2 is 2.12 bits per heavy atom. The first-order valence-corrected chi connectivity index (χ1v) is 10.3. The van der Waals surface area contributed by atoms with Crippen molar-refractivity contribution in [3.05, 3.63) is 41.0 Å². The van der Waals surface area contributed by atoms with Gasteiger partial charge in [0.1, 0.15) is 14.8 Å². The highest BCUT2D eigenvalue weighted by molar-refractivity contribution is 7.93. The van der Waals surface area contributed by atoms with Crippen LogP contribution in [-0.2, 0) is 24.9 Å². The van der Waals surface area contributed by atoms with E-state index in [1.807, 2.05) is 6.92 Å². The van der Waals surface area contributed by atoms with E-state index in [2.05, 4.69) is 10.1 Å². The predicted molar refractivity (Wildman–Crippen MR) is 96.7 cm³/mol. The van der Waals surface area contributed by atoms with Crippen molar-refractivity contribution in [2.24, 2.45) is 5.16 Å². The van der Waals surface area contributed by atoms with Crippen molar-refractivity contribution >= 4 is 26.9 Å². The van der Waals surface area contributed by atoms with E-state index >= 15 is 0 Å². The van der Waals surface area contributed by atoms with E-state index in [1.165, 1.54) is 18.3 Å². The number of thiazole rings is 1. The van der Waals surface area contributed by atoms with Gasteiger partial charge < -0.3 is 14.7 Å². The average Bonchev–Trinajstić information content (AvgIpc) is 3.29. The van der Waals surface area contributed by atoms with Crippen LogP contribution >= 0.6 is 11.3 Å². The number of ether oxygens (including phenoxy) is 2. The Bertz CT molecular complexity index is 921. The van der Waals surface area contributed by atoms with Crippen LogP contribution in [0.1, 0.15) is 30.8 Å². The van der Waals surface area contributed by atoms with Gasteiger partial charge in [0.2, 0.25) is 9.84 Å². The first kappa shape index (κ1) is 19.0. The van der Waals surface area contributed by atoms with Crippen molar-refractivity contribution < 1.29 is 23.1 Å². The molecule has 9 heteroatoms. The number of benzene rings is 1. The van der Waals surface area contributed by atoms with Crippen LogP contribution in [-0.4, -0.2) is 44.1 Å². The smallest absolute Gasteiger partial charge is 0.217 e. The van der Waals surface area contributed by atoms with E-state index in [0.717, 1.165) is 11.3 Å². The maximum Gasteiger partial charge on any atom is 0.217 e. The molecule has 140 valence electrons. The number of methoxy groups -OCH3 is 1. The quantitative estimate of drug-likeness (QED) is 0.474. The number of nitrogens with zero attached hydrogens (tertiary/aromatic N) is 2. The fourth-order valence-electron chi connectivity index (χ4n) is 2.99. The van der Waals surface area contributed by atoms with Crippen LogP contribution in [0.15, 0.2) is 44.7 Å². The minimum absolute atomic E-state index is 0.156. The zero-order chi connectivity index (χ0) is 18.9. The maximum atomic E-state index is 12.9. The molecule has 2 aromatic rings. The number of rotatable bonds is 5. The molecule has 1 saturated heterocycles. The molecule has 1 aliphatic heterocycles. The summed E-state index contributed by atoms with van der Waals surface area (Å²) in [7, 11) is -2.10. The third-order valence-corrected chi connectivity index (χ3v) is 8.09. The van der Waals surface area contributed by atoms with Crippen molar-refractivity contribution in [1.29, 1.82) is 0 Å². The summed E-state index contributed by atoms with van der Waals surface area (Å²) in [5, 5.41) is 12.5. The van der Waals surface area contributed by atoms with Gasteiger partial charge in [-0.05, 0) is 31.5 Å². The molecule has 1 N–H and O–H groups in total. The van der Waals surface area contributed by atoms with Gasteiger partial charge in [-0.15, -0.1) is 11.3 Å². The molecule has 3 rings (SSSR count). The SMILES string of the molecule is COC1(c2ncc(S(=O)(=O)c3ccc(/C(C)=N/O)cc3)s2)CCOC1C. The van der Waals surface area contributed by atoms with E-state index in [-0.39, 0.29) is 15.2 Å². The molecular formula is C17H20N2O5S2. The summed E-state index contributed by atoms with van der Waals surface area (Å²) in [6.07, 6.45) is 1.80. The van der Waals surface area contributed by atoms with Crippen LogP contribution in [0.25, 0.3) is 0 Å². The van der Waals surface area contributed by atoms with Crippen LogP contribution in [0.2, 0.25) is 0 Å². The van der Waals surface area contributed by atoms with Crippen LogP contribution in [0.5, 0.6) is 0 Å². The molecule has 2 atom stereocenters. The molecule has 7 nitrogen and oxygen atoms in total. The second kappa shape index (κ2) is 7.07. The Hall–Kier alpha value is -1.81. The van der Waals surface area contributed by atoms with E-state index in [0.29, 0.717) is 29.3 Å². The summed E-state index contributed by atoms with van der Waals surface area (Å²) in [4.78, 5) is 4.48. The summed E-state index contributed by atoms with van der Waals surface area (Å²) < 4.78 is 37.2. The molecule has 2 heterocycles. The Morgan fingerprint density at radius 1 is 1.42 bits per heavy atom. The zero-order valence-corrected chi connectivity index (χ0v) is 16.3. The van der Waals surface area contributed by atoms with Gasteiger partial charge in [-0.25, -0.2) is 13.4 Å². The van der Waals surface area contributed by atoms with Crippen molar-refractivity contribution in [3.63, 3.8) is 0 Å². The highest BCUT2D eigenvalue weighted by Gasteiger charge is 2.46. The van der Waals surface area contributed by atoms with Gasteiger partial charge in [-0.3, -0.25) is 0 Å². The summed E-state index contributed by atoms with van der Waals surface area (Å²) in [6, 6.07) is 6.19. The highest BCUT2D eigenvalue weighted by atomic mass is 32.2. The largest absolute Gasteiger partial charge is 0.411 e. The lowest BCUT2D eigenvalue weighted by Gasteiger charge is -2.28. The van der Waals surface area contributed by atoms with Gasteiger partial charge >= 0.3 is 0 Å². The standard InChI is InChI=1S/C17H20N2O5S2/c1-11(19-20)13-4-6-14(7-5-13)26(21,22)15-10-18-16(25-15)17(23-3)8-9-24-12(17)2/h4-7,10,12,20H,8-9H2,1-3H3/b19-11+. The first-order valence-electron chi connectivity index (χ1n) is 8.02. The van der Waals surface area contributed by atoms with E-state index in [4.69, 9.17) is 14.7 Å². The molecule has 1 fully saturated rings. The number of hydrogen-bond donors (Lipinski definition) is 1. The van der Waals surface area contributed by atoms with E-state index in [9.17, 15) is 8.42 Å². The third-order valence-electron chi connectivity index (χ3n) is 4.71. The Balaban J connectivity index is 1.95. The van der Waals surface area contributed by atoms with Crippen LogP contribution in [0.3, 0.4) is 0 Å². The van der Waals surface area contributed by atoms with Crippen molar-refractivity contribution in [2.45, 2.75) is 41.1 Å². The molecule has 2 unspecified atom stereocenters. The topological polar surface area (TPSA) is 98.1 Å². The molecule has 1 aromatic heterocycles. The fraction of sp³-hybridized carbons (Fsp3) is 0.412. The molecule has 1 aromatic carbocycles. The van der Waals surface area contributed by atoms with Crippen molar-refractivity contribution in [2.75, 3.05) is 13.7 Å². The Labute approximate surface area is 156 Å². The summed E-state index contributed by atoms with van der Waals surface area (Å²) >= 11 is 1.11. The molecule has 0 spiro atoms. The van der Waals surface area contributed by atoms with Gasteiger partial charge in [-0.2, -0.15) is 0 Å². The molecule has 0 aliphatic carbocycles. The van der Waals surface area contributed by atoms with Crippen LogP contribution in [0, 0.1) is 0 Å². The van der Waals surface area contributed by atoms with Gasteiger partial charge in [0.05, 0.1) is 29.5 Å². The summed E-state index contributed by atoms with van der Waals surface area (Å²) in [6.45, 7) is 4.08. The average molecular weight is 396 g/mol. The number of aromatic nitrogens is 1. The highest BCUT2D eigenvalue weighted by Crippen LogP contribution is 2.42. The number of sulfone groups is 1. The molecule has 26 heavy (non-hydrogen) atoms. The van der Waals surface area contributed by atoms with Gasteiger partial charge in [0.25, 0.3) is 0 Å². The molecule has 0 amide bonds. The lowest BCUT2D eigenvalue weighted by Crippen LogP contribution is -2.35. The minimum atomic E-state index is -3.69. The van der Waals surface area contributed by atoms with E-state index in [1.54, 1.807) is 26.2 Å². The summed E-state index contributed by atoms with van der Waals surface area (Å²) in [5.41, 5.74) is 0.342. The lowest BCUT2D eigenvalue weighted by molar-refractivity contribution is -0.0647. The Kier molecular flexibility index (Phi) is 5.16. The monoisotopic (exact) mass is 396 g/mol. The molecule has 0 radical (unpaired) electrons. The van der Waals surface area contributed by atoms with Gasteiger partial charge in [0.15, 0.2) is 0 Å². The lowest BCUT2D eigenvalue weighted by atomic mass is 9.97. The van der Waals surface area contributed by atoms with Crippen molar-refractivity contribution in [1.82, 2.24) is 4.98 Å². The van der Waals surface area contributed by atoms with Crippen LogP contribution in [0.4, 0.5) is 0 Å². The predicted octanol–water partition coefficient (Wildman–Crippen LogP) is 2.82. The second-order valence-electron chi connectivity index (χ2n) is 6.05. The first-order chi connectivity index (χ1) is 12.3. The van der Waals surface area contributed by atoms with Gasteiger partial charge in [-0.1, -0.05) is 17.3 Å². The fourth-order valence-corrected chi connectivity index (χ4v) is 5.80. The normalized spacial score (nSPS) is 24.1. The molecule has 0 bridgehead atoms.